The Hall–Kier alpha value is -2.55. The van der Waals surface area contributed by atoms with Crippen molar-refractivity contribution in [3.8, 4) is 0 Å². The van der Waals surface area contributed by atoms with Gasteiger partial charge in [0.15, 0.2) is 0 Å². The van der Waals surface area contributed by atoms with Gasteiger partial charge in [-0.2, -0.15) is 0 Å². The number of carbonyl (C=O) groups is 1. The van der Waals surface area contributed by atoms with E-state index in [1.165, 1.54) is 5.56 Å². The number of nitrogens with zero attached hydrogens (tertiary/aromatic N) is 1. The molecule has 1 unspecified atom stereocenters. The predicted molar refractivity (Wildman–Crippen MR) is 105 cm³/mol. The molecule has 1 atom stereocenters. The Morgan fingerprint density at radius 2 is 1.76 bits per heavy atom. The number of hydrogen-bond donors (Lipinski definition) is 1. The Bertz CT molecular complexity index is 908. The van der Waals surface area contributed by atoms with Crippen LogP contribution in [0.25, 0.3) is 10.9 Å². The molecule has 1 amide bonds. The molecule has 1 N–H and O–H groups in total. The predicted octanol–water partition coefficient (Wildman–Crippen LogP) is 5.74. The number of aryl methyl sites for hydroxylation is 2. The van der Waals surface area contributed by atoms with Crippen LogP contribution in [0, 0.1) is 6.92 Å². The lowest BCUT2D eigenvalue weighted by Crippen LogP contribution is -2.19. The smallest absolute Gasteiger partial charge is 0.272 e. The normalized spacial score (nSPS) is 12.3. The van der Waals surface area contributed by atoms with E-state index in [2.05, 4.69) is 48.9 Å². The molecule has 130 valence electrons. The molecule has 0 fully saturated rings. The highest BCUT2D eigenvalue weighted by atomic mass is 16.2. The molecule has 3 heteroatoms. The lowest BCUT2D eigenvalue weighted by molar-refractivity contribution is 0.101. The number of benzene rings is 2. The van der Waals surface area contributed by atoms with Crippen LogP contribution in [0.3, 0.4) is 0 Å². The van der Waals surface area contributed by atoms with Crippen molar-refractivity contribution in [2.24, 2.45) is 0 Å². The lowest BCUT2D eigenvalue weighted by atomic mass is 9.97. The highest BCUT2D eigenvalue weighted by molar-refractivity contribution is 6.08. The van der Waals surface area contributed by atoms with Gasteiger partial charge in [-0.3, -0.25) is 4.79 Å². The van der Waals surface area contributed by atoms with Gasteiger partial charge in [0, 0.05) is 23.1 Å². The van der Waals surface area contributed by atoms with Gasteiger partial charge < -0.3 is 9.88 Å². The fraction of sp³-hybridized carbons (Fsp3) is 0.318. The lowest BCUT2D eigenvalue weighted by Gasteiger charge is -2.16. The first-order valence-electron chi connectivity index (χ1n) is 9.06. The number of fused-ring (bicyclic) bond motifs is 1. The summed E-state index contributed by atoms with van der Waals surface area (Å²) in [4.78, 5) is 13.1. The summed E-state index contributed by atoms with van der Waals surface area (Å²) in [6.45, 7) is 9.24. The van der Waals surface area contributed by atoms with Crippen LogP contribution in [-0.4, -0.2) is 10.5 Å². The molecular formula is C22H26N2O. The summed E-state index contributed by atoms with van der Waals surface area (Å²) in [7, 11) is 0. The summed E-state index contributed by atoms with van der Waals surface area (Å²) >= 11 is 0. The fourth-order valence-corrected chi connectivity index (χ4v) is 3.54. The first kappa shape index (κ1) is 17.3. The van der Waals surface area contributed by atoms with Gasteiger partial charge >= 0.3 is 0 Å². The van der Waals surface area contributed by atoms with Crippen LogP contribution in [0.15, 0.2) is 48.5 Å². The molecular weight excluding hydrogens is 308 g/mol. The highest BCUT2D eigenvalue weighted by Crippen LogP contribution is 2.29. The van der Waals surface area contributed by atoms with E-state index >= 15 is 0 Å². The third-order valence-electron chi connectivity index (χ3n) is 5.11. The molecule has 3 nitrogen and oxygen atoms in total. The topological polar surface area (TPSA) is 34.0 Å². The SMILES string of the molecule is CCC(C)c1ccccc1NC(=O)c1c(C)c2ccccc2n1CC. The molecule has 0 spiro atoms. The van der Waals surface area contributed by atoms with Crippen molar-refractivity contribution in [2.45, 2.75) is 46.6 Å². The molecule has 2 aromatic carbocycles. The zero-order valence-corrected chi connectivity index (χ0v) is 15.5. The molecule has 0 bridgehead atoms. The Balaban J connectivity index is 2.03. The second-order valence-electron chi connectivity index (χ2n) is 6.59. The molecule has 1 aromatic heterocycles. The standard InChI is InChI=1S/C22H26N2O/c1-5-15(3)17-11-7-9-13-19(17)23-22(25)21-16(4)18-12-8-10-14-20(18)24(21)6-2/h7-15H,5-6H2,1-4H3,(H,23,25). The Kier molecular flexibility index (Phi) is 4.93. The molecule has 0 radical (unpaired) electrons. The molecule has 3 aromatic rings. The average molecular weight is 334 g/mol. The number of amides is 1. The van der Waals surface area contributed by atoms with Crippen LogP contribution in [0.1, 0.15) is 54.7 Å². The van der Waals surface area contributed by atoms with Crippen LogP contribution in [0.5, 0.6) is 0 Å². The van der Waals surface area contributed by atoms with Crippen molar-refractivity contribution in [1.82, 2.24) is 4.57 Å². The number of hydrogen-bond acceptors (Lipinski definition) is 1. The minimum Gasteiger partial charge on any atom is -0.337 e. The van der Waals surface area contributed by atoms with Crippen molar-refractivity contribution >= 4 is 22.5 Å². The molecule has 25 heavy (non-hydrogen) atoms. The Morgan fingerprint density at radius 3 is 2.48 bits per heavy atom. The number of para-hydroxylation sites is 2. The number of carbonyl (C=O) groups excluding carboxylic acids is 1. The quantitative estimate of drug-likeness (QED) is 0.634. The zero-order chi connectivity index (χ0) is 18.0. The van der Waals surface area contributed by atoms with Gasteiger partial charge in [-0.1, -0.05) is 50.2 Å². The zero-order valence-electron chi connectivity index (χ0n) is 15.5. The maximum Gasteiger partial charge on any atom is 0.272 e. The Morgan fingerprint density at radius 1 is 1.08 bits per heavy atom. The van der Waals surface area contributed by atoms with E-state index < -0.39 is 0 Å². The molecule has 0 aliphatic rings. The molecule has 0 aliphatic carbocycles. The summed E-state index contributed by atoms with van der Waals surface area (Å²) in [6.07, 6.45) is 1.04. The van der Waals surface area contributed by atoms with E-state index in [9.17, 15) is 4.79 Å². The van der Waals surface area contributed by atoms with Crippen LogP contribution in [-0.2, 0) is 6.54 Å². The van der Waals surface area contributed by atoms with Gasteiger partial charge in [0.1, 0.15) is 5.69 Å². The summed E-state index contributed by atoms with van der Waals surface area (Å²) < 4.78 is 2.10. The molecule has 0 aliphatic heterocycles. The third-order valence-corrected chi connectivity index (χ3v) is 5.11. The maximum absolute atomic E-state index is 13.1. The second kappa shape index (κ2) is 7.14. The van der Waals surface area contributed by atoms with Gasteiger partial charge in [0.25, 0.3) is 5.91 Å². The van der Waals surface area contributed by atoms with Crippen LogP contribution >= 0.6 is 0 Å². The van der Waals surface area contributed by atoms with Gasteiger partial charge in [-0.25, -0.2) is 0 Å². The molecule has 0 saturated heterocycles. The average Bonchev–Trinajstić information content (AvgIpc) is 2.94. The molecule has 3 rings (SSSR count). The maximum atomic E-state index is 13.1. The van der Waals surface area contributed by atoms with E-state index in [0.717, 1.165) is 40.8 Å². The number of aromatic nitrogens is 1. The van der Waals surface area contributed by atoms with Crippen molar-refractivity contribution in [3.05, 3.63) is 65.4 Å². The summed E-state index contributed by atoms with van der Waals surface area (Å²) in [6, 6.07) is 16.3. The molecule has 0 saturated carbocycles. The summed E-state index contributed by atoms with van der Waals surface area (Å²) in [5.41, 5.74) is 5.01. The fourth-order valence-electron chi connectivity index (χ4n) is 3.54. The summed E-state index contributed by atoms with van der Waals surface area (Å²) in [5, 5.41) is 4.30. The molecule has 1 heterocycles. The Labute approximate surface area is 149 Å². The van der Waals surface area contributed by atoms with Gasteiger partial charge in [0.2, 0.25) is 0 Å². The van der Waals surface area contributed by atoms with E-state index in [1.807, 2.05) is 37.3 Å². The third kappa shape index (κ3) is 3.07. The first-order chi connectivity index (χ1) is 12.1. The van der Waals surface area contributed by atoms with Crippen molar-refractivity contribution in [3.63, 3.8) is 0 Å². The monoisotopic (exact) mass is 334 g/mol. The van der Waals surface area contributed by atoms with Crippen molar-refractivity contribution in [1.29, 1.82) is 0 Å². The van der Waals surface area contributed by atoms with E-state index in [0.29, 0.717) is 5.92 Å². The van der Waals surface area contributed by atoms with E-state index in [4.69, 9.17) is 0 Å². The van der Waals surface area contributed by atoms with Crippen molar-refractivity contribution < 1.29 is 4.79 Å². The van der Waals surface area contributed by atoms with Crippen molar-refractivity contribution in [2.75, 3.05) is 5.32 Å². The summed E-state index contributed by atoms with van der Waals surface area (Å²) in [5.74, 6) is 0.376. The number of rotatable bonds is 5. The highest BCUT2D eigenvalue weighted by Gasteiger charge is 2.20. The van der Waals surface area contributed by atoms with Gasteiger partial charge in [0.05, 0.1) is 0 Å². The van der Waals surface area contributed by atoms with Crippen LogP contribution in [0.2, 0.25) is 0 Å². The van der Waals surface area contributed by atoms with Gasteiger partial charge in [-0.15, -0.1) is 0 Å². The minimum absolute atomic E-state index is 0.0358. The van der Waals surface area contributed by atoms with E-state index in [-0.39, 0.29) is 5.91 Å². The first-order valence-corrected chi connectivity index (χ1v) is 9.06. The minimum atomic E-state index is -0.0358. The van der Waals surface area contributed by atoms with E-state index in [1.54, 1.807) is 0 Å². The number of anilines is 1. The van der Waals surface area contributed by atoms with Crippen LogP contribution < -0.4 is 5.32 Å². The second-order valence-corrected chi connectivity index (χ2v) is 6.59. The largest absolute Gasteiger partial charge is 0.337 e. The van der Waals surface area contributed by atoms with Crippen LogP contribution in [0.4, 0.5) is 5.69 Å². The number of nitrogens with one attached hydrogen (secondary N) is 1. The van der Waals surface area contributed by atoms with Gasteiger partial charge in [-0.05, 0) is 49.4 Å².